The lowest BCUT2D eigenvalue weighted by Crippen LogP contribution is -2.48. The van der Waals surface area contributed by atoms with Gasteiger partial charge in [-0.2, -0.15) is 11.8 Å². The molecule has 0 saturated carbocycles. The first-order chi connectivity index (χ1) is 17.0. The summed E-state index contributed by atoms with van der Waals surface area (Å²) in [5.74, 6) is 0.337. The fourth-order valence-electron chi connectivity index (χ4n) is 4.71. The molecule has 1 fully saturated rings. The minimum Gasteiger partial charge on any atom is -0.461 e. The molecular formula is C28H41N3O3S. The highest BCUT2D eigenvalue weighted by Gasteiger charge is 2.26. The maximum Gasteiger partial charge on any atom is 0.328 e. The molecule has 0 aromatic heterocycles. The third-order valence-electron chi connectivity index (χ3n) is 6.71. The van der Waals surface area contributed by atoms with E-state index in [0.29, 0.717) is 19.0 Å². The Morgan fingerprint density at radius 2 is 1.94 bits per heavy atom. The lowest BCUT2D eigenvalue weighted by Gasteiger charge is -2.27. The number of rotatable bonds is 14. The van der Waals surface area contributed by atoms with Crippen molar-refractivity contribution in [1.82, 2.24) is 15.5 Å². The number of fused-ring (bicyclic) bond motifs is 1. The molecule has 2 N–H and O–H groups in total. The van der Waals surface area contributed by atoms with Crippen LogP contribution in [-0.2, 0) is 20.9 Å². The third kappa shape index (κ3) is 8.51. The van der Waals surface area contributed by atoms with Crippen molar-refractivity contribution >= 4 is 34.4 Å². The Labute approximate surface area is 214 Å². The Bertz CT molecular complexity index is 939. The molecule has 0 spiro atoms. The Morgan fingerprint density at radius 1 is 1.17 bits per heavy atom. The second-order valence-electron chi connectivity index (χ2n) is 9.38. The number of amides is 1. The minimum atomic E-state index is -0.612. The predicted octanol–water partition coefficient (Wildman–Crippen LogP) is 4.36. The maximum absolute atomic E-state index is 13.2. The molecule has 0 bridgehead atoms. The predicted molar refractivity (Wildman–Crippen MR) is 146 cm³/mol. The number of hydrogen-bond donors (Lipinski definition) is 2. The molecule has 1 amide bonds. The molecule has 2 aromatic rings. The van der Waals surface area contributed by atoms with Crippen molar-refractivity contribution in [2.75, 3.05) is 31.6 Å². The van der Waals surface area contributed by atoms with Crippen LogP contribution in [0.5, 0.6) is 0 Å². The van der Waals surface area contributed by atoms with E-state index in [1.165, 1.54) is 16.3 Å². The summed E-state index contributed by atoms with van der Waals surface area (Å²) < 4.78 is 5.68. The monoisotopic (exact) mass is 499 g/mol. The van der Waals surface area contributed by atoms with Crippen LogP contribution in [0.2, 0.25) is 0 Å². The van der Waals surface area contributed by atoms with Gasteiger partial charge in [0.15, 0.2) is 0 Å². The van der Waals surface area contributed by atoms with E-state index < -0.39 is 6.04 Å². The van der Waals surface area contributed by atoms with E-state index in [4.69, 9.17) is 4.74 Å². The number of ether oxygens (including phenoxy) is 1. The van der Waals surface area contributed by atoms with E-state index >= 15 is 0 Å². The van der Waals surface area contributed by atoms with Crippen LogP contribution in [0.25, 0.3) is 10.8 Å². The SMILES string of the molecule is CCC(CC)OC(=O)[C@H](CCSC)NC(=O)CN(Cc1cccc2ccccc12)C[C@@H]1CCCN1. The van der Waals surface area contributed by atoms with Crippen LogP contribution in [0.1, 0.15) is 51.5 Å². The number of nitrogens with one attached hydrogen (secondary N) is 2. The van der Waals surface area contributed by atoms with Gasteiger partial charge in [-0.3, -0.25) is 9.69 Å². The molecule has 1 aliphatic heterocycles. The molecule has 1 aliphatic rings. The second kappa shape index (κ2) is 14.5. The number of hydrogen-bond acceptors (Lipinski definition) is 6. The quantitative estimate of drug-likeness (QED) is 0.376. The molecule has 6 nitrogen and oxygen atoms in total. The highest BCUT2D eigenvalue weighted by atomic mass is 32.2. The third-order valence-corrected chi connectivity index (χ3v) is 7.35. The maximum atomic E-state index is 13.2. The average Bonchev–Trinajstić information content (AvgIpc) is 3.38. The number of carbonyl (C=O) groups is 2. The summed E-state index contributed by atoms with van der Waals surface area (Å²) in [5, 5.41) is 8.97. The number of esters is 1. The second-order valence-corrected chi connectivity index (χ2v) is 10.4. The molecule has 0 unspecified atom stereocenters. The van der Waals surface area contributed by atoms with Gasteiger partial charge in [0.05, 0.1) is 6.54 Å². The Kier molecular flexibility index (Phi) is 11.4. The van der Waals surface area contributed by atoms with Gasteiger partial charge in [0, 0.05) is 19.1 Å². The topological polar surface area (TPSA) is 70.7 Å². The lowest BCUT2D eigenvalue weighted by atomic mass is 10.0. The zero-order valence-electron chi connectivity index (χ0n) is 21.4. The van der Waals surface area contributed by atoms with E-state index in [9.17, 15) is 9.59 Å². The van der Waals surface area contributed by atoms with Gasteiger partial charge in [-0.15, -0.1) is 0 Å². The van der Waals surface area contributed by atoms with Crippen molar-refractivity contribution in [3.8, 4) is 0 Å². The van der Waals surface area contributed by atoms with Gasteiger partial charge in [0.1, 0.15) is 12.1 Å². The Balaban J connectivity index is 1.71. The first-order valence-corrected chi connectivity index (χ1v) is 14.3. The van der Waals surface area contributed by atoms with Crippen LogP contribution in [-0.4, -0.2) is 66.6 Å². The van der Waals surface area contributed by atoms with Crippen molar-refractivity contribution in [3.63, 3.8) is 0 Å². The summed E-state index contributed by atoms with van der Waals surface area (Å²) in [4.78, 5) is 28.2. The van der Waals surface area contributed by atoms with Gasteiger partial charge in [0.25, 0.3) is 0 Å². The molecule has 3 rings (SSSR count). The van der Waals surface area contributed by atoms with Crippen LogP contribution in [0.4, 0.5) is 0 Å². The number of nitrogens with zero attached hydrogens (tertiary/aromatic N) is 1. The van der Waals surface area contributed by atoms with Crippen LogP contribution in [0, 0.1) is 0 Å². The zero-order valence-corrected chi connectivity index (χ0v) is 22.2. The minimum absolute atomic E-state index is 0.104. The van der Waals surface area contributed by atoms with Crippen molar-refractivity contribution < 1.29 is 14.3 Å². The van der Waals surface area contributed by atoms with E-state index in [1.54, 1.807) is 11.8 Å². The first-order valence-electron chi connectivity index (χ1n) is 12.9. The van der Waals surface area contributed by atoms with E-state index in [-0.39, 0.29) is 24.5 Å². The summed E-state index contributed by atoms with van der Waals surface area (Å²) >= 11 is 1.67. The van der Waals surface area contributed by atoms with Crippen LogP contribution >= 0.6 is 11.8 Å². The summed E-state index contributed by atoms with van der Waals surface area (Å²) in [5.41, 5.74) is 1.21. The molecular weight excluding hydrogens is 458 g/mol. The molecule has 1 heterocycles. The Morgan fingerprint density at radius 3 is 2.66 bits per heavy atom. The largest absolute Gasteiger partial charge is 0.461 e. The van der Waals surface area contributed by atoms with E-state index in [0.717, 1.165) is 44.5 Å². The molecule has 1 saturated heterocycles. The summed E-state index contributed by atoms with van der Waals surface area (Å²) in [7, 11) is 0. The van der Waals surface area contributed by atoms with Crippen molar-refractivity contribution in [2.24, 2.45) is 0 Å². The normalized spacial score (nSPS) is 16.7. The zero-order chi connectivity index (χ0) is 25.0. The van der Waals surface area contributed by atoms with Gasteiger partial charge in [0.2, 0.25) is 5.91 Å². The first kappa shape index (κ1) is 27.5. The number of benzene rings is 2. The fraction of sp³-hybridized carbons (Fsp3) is 0.571. The molecule has 0 radical (unpaired) electrons. The van der Waals surface area contributed by atoms with Crippen LogP contribution in [0.3, 0.4) is 0 Å². The van der Waals surface area contributed by atoms with Crippen molar-refractivity contribution in [2.45, 2.75) is 70.7 Å². The summed E-state index contributed by atoms with van der Waals surface area (Å²) in [6, 6.07) is 14.5. The van der Waals surface area contributed by atoms with Crippen LogP contribution in [0.15, 0.2) is 42.5 Å². The lowest BCUT2D eigenvalue weighted by molar-refractivity contribution is -0.153. The molecule has 7 heteroatoms. The molecule has 0 aliphatic carbocycles. The fourth-order valence-corrected chi connectivity index (χ4v) is 5.18. The van der Waals surface area contributed by atoms with E-state index in [2.05, 4.69) is 58.0 Å². The van der Waals surface area contributed by atoms with Gasteiger partial charge in [-0.1, -0.05) is 56.3 Å². The van der Waals surface area contributed by atoms with Crippen molar-refractivity contribution in [3.05, 3.63) is 48.0 Å². The smallest absolute Gasteiger partial charge is 0.328 e. The van der Waals surface area contributed by atoms with Gasteiger partial charge >= 0.3 is 5.97 Å². The summed E-state index contributed by atoms with van der Waals surface area (Å²) in [6.07, 6.45) is 6.30. The van der Waals surface area contributed by atoms with E-state index in [1.807, 2.05) is 20.1 Å². The highest BCUT2D eigenvalue weighted by molar-refractivity contribution is 7.98. The molecule has 192 valence electrons. The molecule has 2 atom stereocenters. The number of carbonyl (C=O) groups excluding carboxylic acids is 2. The van der Waals surface area contributed by atoms with Gasteiger partial charge in [-0.05, 0) is 67.0 Å². The average molecular weight is 500 g/mol. The van der Waals surface area contributed by atoms with Crippen molar-refractivity contribution in [1.29, 1.82) is 0 Å². The summed E-state index contributed by atoms with van der Waals surface area (Å²) in [6.45, 7) is 6.77. The van der Waals surface area contributed by atoms with Gasteiger partial charge < -0.3 is 15.4 Å². The number of thioether (sulfide) groups is 1. The van der Waals surface area contributed by atoms with Crippen LogP contribution < -0.4 is 10.6 Å². The van der Waals surface area contributed by atoms with Gasteiger partial charge in [-0.25, -0.2) is 4.79 Å². The molecule has 35 heavy (non-hydrogen) atoms. The standard InChI is InChI=1S/C28H41N3O3S/c1-4-24(5-2)34-28(33)26(15-17-35-3)30-27(32)20-31(19-23-13-9-16-29-23)18-22-12-8-11-21-10-6-7-14-25(21)22/h6-8,10-12,14,23-24,26,29H,4-5,9,13,15-20H2,1-3H3,(H,30,32)/t23-,26-/m0/s1. The Hall–Kier alpha value is -2.09. The molecule has 2 aromatic carbocycles. The highest BCUT2D eigenvalue weighted by Crippen LogP contribution is 2.21.